The molecule has 1 heterocycles. The molecule has 0 amide bonds. The average molecular weight is 354 g/mol. The zero-order valence-electron chi connectivity index (χ0n) is 16.2. The molecule has 0 unspecified atom stereocenters. The van der Waals surface area contributed by atoms with Crippen LogP contribution in [0.15, 0.2) is 60.7 Å². The van der Waals surface area contributed by atoms with Crippen LogP contribution in [0.5, 0.6) is 0 Å². The Hall–Kier alpha value is -1.64. The third kappa shape index (κ3) is 6.93. The molecule has 2 aromatic rings. The predicted molar refractivity (Wildman–Crippen MR) is 112 cm³/mol. The Labute approximate surface area is 159 Å². The maximum absolute atomic E-state index is 8.29. The van der Waals surface area contributed by atoms with Crippen LogP contribution in [0.4, 0.5) is 0 Å². The largest absolute Gasteiger partial charge is 0.396 e. The van der Waals surface area contributed by atoms with Gasteiger partial charge < -0.3 is 10.4 Å². The van der Waals surface area contributed by atoms with Gasteiger partial charge in [0.25, 0.3) is 0 Å². The number of hydrogen-bond acceptors (Lipinski definition) is 2. The highest BCUT2D eigenvalue weighted by atomic mass is 16.2. The Kier molecular flexibility index (Phi) is 10.1. The van der Waals surface area contributed by atoms with Gasteiger partial charge in [-0.25, -0.2) is 0 Å². The van der Waals surface area contributed by atoms with Gasteiger partial charge in [0.05, 0.1) is 0 Å². The average Bonchev–Trinajstić information content (AvgIpc) is 2.72. The normalized spacial score (nSPS) is 14.7. The number of piperidine rings is 1. The summed E-state index contributed by atoms with van der Waals surface area (Å²) in [6.07, 6.45) is 7.23. The van der Waals surface area contributed by atoms with Crippen LogP contribution in [0.25, 0.3) is 0 Å². The summed E-state index contributed by atoms with van der Waals surface area (Å²) in [5.41, 5.74) is 2.92. The summed E-state index contributed by atoms with van der Waals surface area (Å²) in [5, 5.41) is 11.8. The Morgan fingerprint density at radius 1 is 0.846 bits per heavy atom. The van der Waals surface area contributed by atoms with E-state index in [1.807, 2.05) is 0 Å². The van der Waals surface area contributed by atoms with Crippen molar-refractivity contribution in [3.05, 3.63) is 71.8 Å². The van der Waals surface area contributed by atoms with Gasteiger partial charge in [-0.3, -0.25) is 0 Å². The summed E-state index contributed by atoms with van der Waals surface area (Å²) in [5.74, 6) is 1.30. The first kappa shape index (κ1) is 20.7. The first-order valence-corrected chi connectivity index (χ1v) is 10.3. The quantitative estimate of drug-likeness (QED) is 0.655. The van der Waals surface area contributed by atoms with Crippen LogP contribution in [0.2, 0.25) is 0 Å². The fourth-order valence-corrected chi connectivity index (χ4v) is 3.77. The van der Waals surface area contributed by atoms with Crippen molar-refractivity contribution in [2.45, 2.75) is 51.4 Å². The van der Waals surface area contributed by atoms with Gasteiger partial charge in [0.15, 0.2) is 0 Å². The van der Waals surface area contributed by atoms with Crippen LogP contribution >= 0.6 is 0 Å². The van der Waals surface area contributed by atoms with Crippen molar-refractivity contribution in [2.75, 3.05) is 19.7 Å². The highest BCUT2D eigenvalue weighted by molar-refractivity contribution is 5.33. The number of hydrogen-bond donors (Lipinski definition) is 2. The standard InChI is InChI=1S/C18H21N.C6H14O/c1-3-7-15(8-4-1)18(16-9-5-2-6-10-16)17-11-13-19-14-12-17;1-2-3-4-5-6-7/h1-10,17-19H,11-14H2;7H,2-6H2,1H3. The van der Waals surface area contributed by atoms with Gasteiger partial charge in [-0.1, -0.05) is 86.8 Å². The van der Waals surface area contributed by atoms with E-state index in [1.54, 1.807) is 0 Å². The maximum Gasteiger partial charge on any atom is 0.0431 e. The van der Waals surface area contributed by atoms with Crippen LogP contribution in [-0.4, -0.2) is 24.8 Å². The maximum atomic E-state index is 8.29. The molecule has 26 heavy (non-hydrogen) atoms. The Morgan fingerprint density at radius 3 is 1.85 bits per heavy atom. The van der Waals surface area contributed by atoms with Gasteiger partial charge in [0, 0.05) is 12.5 Å². The van der Waals surface area contributed by atoms with Crippen molar-refractivity contribution >= 4 is 0 Å². The fraction of sp³-hybridized carbons (Fsp3) is 0.500. The fourth-order valence-electron chi connectivity index (χ4n) is 3.77. The van der Waals surface area contributed by atoms with Crippen molar-refractivity contribution in [3.8, 4) is 0 Å². The van der Waals surface area contributed by atoms with E-state index in [-0.39, 0.29) is 0 Å². The summed E-state index contributed by atoms with van der Waals surface area (Å²) < 4.78 is 0. The minimum Gasteiger partial charge on any atom is -0.396 e. The van der Waals surface area contributed by atoms with Gasteiger partial charge in [0.1, 0.15) is 0 Å². The van der Waals surface area contributed by atoms with Gasteiger partial charge in [-0.05, 0) is 49.4 Å². The summed E-state index contributed by atoms with van der Waals surface area (Å²) in [7, 11) is 0. The van der Waals surface area contributed by atoms with Gasteiger partial charge in [-0.2, -0.15) is 0 Å². The minimum atomic E-state index is 0.361. The lowest BCUT2D eigenvalue weighted by Crippen LogP contribution is -2.31. The van der Waals surface area contributed by atoms with Crippen LogP contribution in [-0.2, 0) is 0 Å². The smallest absolute Gasteiger partial charge is 0.0431 e. The van der Waals surface area contributed by atoms with Crippen molar-refractivity contribution in [1.29, 1.82) is 0 Å². The molecule has 0 radical (unpaired) electrons. The minimum absolute atomic E-state index is 0.361. The molecule has 0 aliphatic carbocycles. The Bertz CT molecular complexity index is 520. The Balaban J connectivity index is 0.000000298. The van der Waals surface area contributed by atoms with Crippen LogP contribution in [0, 0.1) is 5.92 Å². The molecule has 1 aliphatic rings. The third-order valence-corrected chi connectivity index (χ3v) is 5.18. The molecule has 0 spiro atoms. The molecule has 2 nitrogen and oxygen atoms in total. The van der Waals surface area contributed by atoms with E-state index in [2.05, 4.69) is 72.9 Å². The zero-order valence-corrected chi connectivity index (χ0v) is 16.2. The van der Waals surface area contributed by atoms with Crippen molar-refractivity contribution in [1.82, 2.24) is 5.32 Å². The molecule has 1 saturated heterocycles. The molecule has 0 saturated carbocycles. The van der Waals surface area contributed by atoms with E-state index in [0.29, 0.717) is 12.5 Å². The predicted octanol–water partition coefficient (Wildman–Crippen LogP) is 5.38. The molecule has 0 aromatic heterocycles. The van der Waals surface area contributed by atoms with Gasteiger partial charge in [0.2, 0.25) is 0 Å². The molecule has 1 aliphatic heterocycles. The van der Waals surface area contributed by atoms with Gasteiger partial charge >= 0.3 is 0 Å². The van der Waals surface area contributed by atoms with E-state index in [0.717, 1.165) is 25.4 Å². The number of aliphatic hydroxyl groups excluding tert-OH is 1. The van der Waals surface area contributed by atoms with Gasteiger partial charge in [-0.15, -0.1) is 0 Å². The highest BCUT2D eigenvalue weighted by Gasteiger charge is 2.25. The molecule has 1 fully saturated rings. The first-order valence-electron chi connectivity index (χ1n) is 10.3. The zero-order chi connectivity index (χ0) is 18.5. The second-order valence-corrected chi connectivity index (χ2v) is 7.17. The monoisotopic (exact) mass is 353 g/mol. The SMILES string of the molecule is CCCCCCO.c1ccc(C(c2ccccc2)C2CCNCC2)cc1. The summed E-state index contributed by atoms with van der Waals surface area (Å²) >= 11 is 0. The first-order chi connectivity index (χ1) is 12.9. The lowest BCUT2D eigenvalue weighted by molar-refractivity contribution is 0.283. The third-order valence-electron chi connectivity index (χ3n) is 5.18. The van der Waals surface area contributed by atoms with Crippen molar-refractivity contribution < 1.29 is 5.11 Å². The lowest BCUT2D eigenvalue weighted by Gasteiger charge is -2.31. The molecular weight excluding hydrogens is 318 g/mol. The topological polar surface area (TPSA) is 32.3 Å². The number of aliphatic hydroxyl groups is 1. The van der Waals surface area contributed by atoms with E-state index in [1.165, 1.54) is 43.2 Å². The summed E-state index contributed by atoms with van der Waals surface area (Å²) in [6.45, 7) is 4.83. The van der Waals surface area contributed by atoms with Crippen LogP contribution in [0.1, 0.15) is 62.5 Å². The molecule has 2 heteroatoms. The van der Waals surface area contributed by atoms with Crippen molar-refractivity contribution in [2.24, 2.45) is 5.92 Å². The molecular formula is C24H35NO. The van der Waals surface area contributed by atoms with Crippen molar-refractivity contribution in [3.63, 3.8) is 0 Å². The molecule has 2 aromatic carbocycles. The number of unbranched alkanes of at least 4 members (excludes halogenated alkanes) is 3. The molecule has 3 rings (SSSR count). The summed E-state index contributed by atoms with van der Waals surface area (Å²) in [6, 6.07) is 22.0. The highest BCUT2D eigenvalue weighted by Crippen LogP contribution is 2.36. The second-order valence-electron chi connectivity index (χ2n) is 7.17. The van der Waals surface area contributed by atoms with Crippen LogP contribution < -0.4 is 5.32 Å². The molecule has 0 atom stereocenters. The van der Waals surface area contributed by atoms with E-state index >= 15 is 0 Å². The number of nitrogens with one attached hydrogen (secondary N) is 1. The van der Waals surface area contributed by atoms with E-state index in [9.17, 15) is 0 Å². The lowest BCUT2D eigenvalue weighted by atomic mass is 9.76. The number of benzene rings is 2. The molecule has 2 N–H and O–H groups in total. The Morgan fingerprint density at radius 2 is 1.38 bits per heavy atom. The molecule has 142 valence electrons. The summed E-state index contributed by atoms with van der Waals surface area (Å²) in [4.78, 5) is 0. The van der Waals surface area contributed by atoms with E-state index in [4.69, 9.17) is 5.11 Å². The molecule has 0 bridgehead atoms. The second kappa shape index (κ2) is 12.7. The number of rotatable bonds is 7. The van der Waals surface area contributed by atoms with Crippen LogP contribution in [0.3, 0.4) is 0 Å². The van der Waals surface area contributed by atoms with E-state index < -0.39 is 0 Å².